The lowest BCUT2D eigenvalue weighted by Crippen LogP contribution is -2.39. The largest absolute Gasteiger partial charge is 0.477 e. The fourth-order valence-electron chi connectivity index (χ4n) is 3.64. The van der Waals surface area contributed by atoms with Gasteiger partial charge in [0.25, 0.3) is 5.91 Å². The molecule has 1 aliphatic rings. The minimum absolute atomic E-state index is 0.0170. The predicted octanol–water partition coefficient (Wildman–Crippen LogP) is 3.22. The fourth-order valence-corrected chi connectivity index (χ4v) is 3.64. The van der Waals surface area contributed by atoms with E-state index in [1.165, 1.54) is 5.56 Å². The van der Waals surface area contributed by atoms with Crippen LogP contribution in [0.2, 0.25) is 0 Å². The molecule has 1 saturated heterocycles. The van der Waals surface area contributed by atoms with Crippen molar-refractivity contribution in [3.05, 3.63) is 59.9 Å². The van der Waals surface area contributed by atoms with Crippen LogP contribution in [0.4, 0.5) is 0 Å². The van der Waals surface area contributed by atoms with E-state index in [0.29, 0.717) is 29.7 Å². The van der Waals surface area contributed by atoms with Crippen molar-refractivity contribution in [3.63, 3.8) is 0 Å². The molecule has 4 rings (SSSR count). The minimum atomic E-state index is -0.0170. The first-order valence-corrected chi connectivity index (χ1v) is 9.55. The number of ether oxygens (including phenoxy) is 1. The van der Waals surface area contributed by atoms with Gasteiger partial charge in [0.1, 0.15) is 5.69 Å². The molecule has 1 fully saturated rings. The summed E-state index contributed by atoms with van der Waals surface area (Å²) >= 11 is 0. The normalized spacial score (nSPS) is 15.2. The van der Waals surface area contributed by atoms with Gasteiger partial charge in [0.15, 0.2) is 5.65 Å². The molecule has 0 spiro atoms. The summed E-state index contributed by atoms with van der Waals surface area (Å²) in [5.41, 5.74) is 2.47. The van der Waals surface area contributed by atoms with Crippen molar-refractivity contribution in [2.24, 2.45) is 5.92 Å². The van der Waals surface area contributed by atoms with E-state index >= 15 is 0 Å². The van der Waals surface area contributed by atoms with Crippen LogP contribution in [-0.4, -0.2) is 45.1 Å². The first-order valence-electron chi connectivity index (χ1n) is 9.55. The van der Waals surface area contributed by atoms with E-state index in [0.717, 1.165) is 32.4 Å². The summed E-state index contributed by atoms with van der Waals surface area (Å²) in [5, 5.41) is 4.33. The number of fused-ring (bicyclic) bond motifs is 1. The van der Waals surface area contributed by atoms with E-state index in [-0.39, 0.29) is 5.91 Å². The van der Waals surface area contributed by atoms with Crippen LogP contribution in [0.1, 0.15) is 35.8 Å². The summed E-state index contributed by atoms with van der Waals surface area (Å²) in [4.78, 5) is 19.2. The lowest BCUT2D eigenvalue weighted by atomic mass is 9.90. The highest BCUT2D eigenvalue weighted by atomic mass is 16.5. The maximum atomic E-state index is 12.8. The number of benzene rings is 1. The Morgan fingerprint density at radius 2 is 1.93 bits per heavy atom. The summed E-state index contributed by atoms with van der Waals surface area (Å²) in [6.45, 7) is 4.02. The number of imidazole rings is 1. The van der Waals surface area contributed by atoms with Crippen LogP contribution in [0, 0.1) is 5.92 Å². The lowest BCUT2D eigenvalue weighted by molar-refractivity contribution is 0.0685. The van der Waals surface area contributed by atoms with Crippen LogP contribution >= 0.6 is 0 Å². The third kappa shape index (κ3) is 3.94. The SMILES string of the molecule is CCOc1ccc2nc(C(=O)N3CCC(Cc4ccccc4)CC3)cn2n1. The molecule has 0 aliphatic carbocycles. The topological polar surface area (TPSA) is 59.7 Å². The Morgan fingerprint density at radius 1 is 1.15 bits per heavy atom. The molecule has 2 aromatic heterocycles. The maximum Gasteiger partial charge on any atom is 0.274 e. The van der Waals surface area contributed by atoms with Gasteiger partial charge < -0.3 is 9.64 Å². The molecule has 6 nitrogen and oxygen atoms in total. The molecule has 0 atom stereocenters. The van der Waals surface area contributed by atoms with Gasteiger partial charge in [0, 0.05) is 19.2 Å². The standard InChI is InChI=1S/C21H24N4O2/c1-2-27-20-9-8-19-22-18(15-25(19)23-20)21(26)24-12-10-17(11-13-24)14-16-6-4-3-5-7-16/h3-9,15,17H,2,10-14H2,1H3. The van der Waals surface area contributed by atoms with E-state index in [1.807, 2.05) is 24.0 Å². The Morgan fingerprint density at radius 3 is 2.67 bits per heavy atom. The van der Waals surface area contributed by atoms with Crippen LogP contribution in [0.3, 0.4) is 0 Å². The van der Waals surface area contributed by atoms with Crippen molar-refractivity contribution in [1.29, 1.82) is 0 Å². The van der Waals surface area contributed by atoms with Crippen molar-refractivity contribution >= 4 is 11.6 Å². The van der Waals surface area contributed by atoms with Gasteiger partial charge in [-0.15, -0.1) is 5.10 Å². The average Bonchev–Trinajstić information content (AvgIpc) is 3.12. The molecular formula is C21H24N4O2. The summed E-state index contributed by atoms with van der Waals surface area (Å²) < 4.78 is 7.02. The van der Waals surface area contributed by atoms with Gasteiger partial charge in [-0.1, -0.05) is 30.3 Å². The average molecular weight is 364 g/mol. The van der Waals surface area contributed by atoms with Gasteiger partial charge in [-0.25, -0.2) is 9.50 Å². The number of amides is 1. The highest BCUT2D eigenvalue weighted by molar-refractivity contribution is 5.92. The third-order valence-corrected chi connectivity index (χ3v) is 5.08. The molecular weight excluding hydrogens is 340 g/mol. The molecule has 27 heavy (non-hydrogen) atoms. The summed E-state index contributed by atoms with van der Waals surface area (Å²) in [7, 11) is 0. The second-order valence-electron chi connectivity index (χ2n) is 6.96. The molecule has 1 aliphatic heterocycles. The Bertz CT molecular complexity index is 914. The zero-order valence-electron chi connectivity index (χ0n) is 15.5. The summed E-state index contributed by atoms with van der Waals surface area (Å²) in [5.74, 6) is 1.15. The number of hydrogen-bond donors (Lipinski definition) is 0. The molecule has 1 aromatic carbocycles. The smallest absolute Gasteiger partial charge is 0.274 e. The quantitative estimate of drug-likeness (QED) is 0.697. The molecule has 6 heteroatoms. The molecule has 3 heterocycles. The Balaban J connectivity index is 1.39. The molecule has 140 valence electrons. The number of carbonyl (C=O) groups is 1. The number of rotatable bonds is 5. The Labute approximate surface area is 158 Å². The highest BCUT2D eigenvalue weighted by Gasteiger charge is 2.25. The number of nitrogens with zero attached hydrogens (tertiary/aromatic N) is 4. The molecule has 0 saturated carbocycles. The van der Waals surface area contributed by atoms with Crippen LogP contribution in [0.5, 0.6) is 5.88 Å². The first kappa shape index (κ1) is 17.5. The van der Waals surface area contributed by atoms with Crippen LogP contribution in [0.15, 0.2) is 48.7 Å². The van der Waals surface area contributed by atoms with Gasteiger partial charge >= 0.3 is 0 Å². The Kier molecular flexibility index (Phi) is 5.05. The van der Waals surface area contributed by atoms with Gasteiger partial charge in [-0.05, 0) is 43.7 Å². The number of hydrogen-bond acceptors (Lipinski definition) is 4. The monoisotopic (exact) mass is 364 g/mol. The van der Waals surface area contributed by atoms with Crippen molar-refractivity contribution in [2.75, 3.05) is 19.7 Å². The van der Waals surface area contributed by atoms with Gasteiger partial charge in [0.2, 0.25) is 5.88 Å². The van der Waals surface area contributed by atoms with Gasteiger partial charge in [0.05, 0.1) is 12.8 Å². The van der Waals surface area contributed by atoms with Crippen molar-refractivity contribution < 1.29 is 9.53 Å². The van der Waals surface area contributed by atoms with Crippen LogP contribution in [0.25, 0.3) is 5.65 Å². The molecule has 0 unspecified atom stereocenters. The number of aromatic nitrogens is 3. The molecule has 0 radical (unpaired) electrons. The first-order chi connectivity index (χ1) is 13.2. The molecule has 3 aromatic rings. The van der Waals surface area contributed by atoms with Gasteiger partial charge in [-0.2, -0.15) is 0 Å². The van der Waals surface area contributed by atoms with Crippen molar-refractivity contribution in [1.82, 2.24) is 19.5 Å². The lowest BCUT2D eigenvalue weighted by Gasteiger charge is -2.31. The molecule has 0 N–H and O–H groups in total. The second kappa shape index (κ2) is 7.78. The Hall–Kier alpha value is -2.89. The second-order valence-corrected chi connectivity index (χ2v) is 6.96. The van der Waals surface area contributed by atoms with Gasteiger partial charge in [-0.3, -0.25) is 4.79 Å². The number of carbonyl (C=O) groups excluding carboxylic acids is 1. The molecule has 0 bridgehead atoms. The summed E-state index contributed by atoms with van der Waals surface area (Å²) in [6, 6.07) is 14.2. The van der Waals surface area contributed by atoms with Crippen LogP contribution in [-0.2, 0) is 6.42 Å². The highest BCUT2D eigenvalue weighted by Crippen LogP contribution is 2.23. The predicted molar refractivity (Wildman–Crippen MR) is 103 cm³/mol. The van der Waals surface area contributed by atoms with E-state index in [2.05, 4.69) is 34.3 Å². The minimum Gasteiger partial charge on any atom is -0.477 e. The van der Waals surface area contributed by atoms with E-state index < -0.39 is 0 Å². The van der Waals surface area contributed by atoms with E-state index in [1.54, 1.807) is 16.8 Å². The van der Waals surface area contributed by atoms with Crippen molar-refractivity contribution in [2.45, 2.75) is 26.2 Å². The zero-order valence-corrected chi connectivity index (χ0v) is 15.5. The summed E-state index contributed by atoms with van der Waals surface area (Å²) in [6.07, 6.45) is 4.83. The zero-order chi connectivity index (χ0) is 18.6. The van der Waals surface area contributed by atoms with Crippen LogP contribution < -0.4 is 4.74 Å². The number of likely N-dealkylation sites (tertiary alicyclic amines) is 1. The fraction of sp³-hybridized carbons (Fsp3) is 0.381. The van der Waals surface area contributed by atoms with E-state index in [9.17, 15) is 4.79 Å². The maximum absolute atomic E-state index is 12.8. The van der Waals surface area contributed by atoms with E-state index in [4.69, 9.17) is 4.74 Å². The van der Waals surface area contributed by atoms with Crippen molar-refractivity contribution in [3.8, 4) is 5.88 Å². The third-order valence-electron chi connectivity index (χ3n) is 5.08. The molecule has 1 amide bonds. The number of piperidine rings is 1.